The van der Waals surface area contributed by atoms with E-state index in [4.69, 9.17) is 23.7 Å². The van der Waals surface area contributed by atoms with Crippen LogP contribution in [-0.4, -0.2) is 76.2 Å². The van der Waals surface area contributed by atoms with E-state index in [2.05, 4.69) is 102 Å². The fraction of sp³-hybridized carbons (Fsp3) is 0.482. The number of benzene rings is 2. The van der Waals surface area contributed by atoms with Crippen LogP contribution in [-0.2, 0) is 24.6 Å². The first-order valence-corrected chi connectivity index (χ1v) is 26.1. The van der Waals surface area contributed by atoms with E-state index in [0.29, 0.717) is 29.7 Å². The van der Waals surface area contributed by atoms with Gasteiger partial charge in [0.05, 0.1) is 15.7 Å². The van der Waals surface area contributed by atoms with Crippen LogP contribution in [0.5, 0.6) is 0 Å². The van der Waals surface area contributed by atoms with Crippen LogP contribution in [0.1, 0.15) is 150 Å². The number of allylic oxidation sites excluding steroid dienone is 4. The number of thiocarbonyl (C=S) groups is 1. The molecule has 6 rings (SSSR count). The summed E-state index contributed by atoms with van der Waals surface area (Å²) in [6.07, 6.45) is 20.3. The SMILES string of the molecule is C.C#CC1=C(/C=C\C(=C)SC(C)(C)CCC(C)(C)C(=O)O)c2ccc(N3c4ccc(/C=C5\SC(=S)N(CC(=O)O)C5=O)cc4C4CCCC43)cc2C1(C)C.C=CCSC(C)(C)CCC(C)(C)C(=O)O. The van der Waals surface area contributed by atoms with Crippen molar-refractivity contribution in [3.05, 3.63) is 105 Å². The number of rotatable bonds is 19. The average molecular weight is 1010 g/mol. The molecule has 1 saturated heterocycles. The van der Waals surface area contributed by atoms with E-state index in [-0.39, 0.29) is 32.6 Å². The number of nitrogens with zero attached hydrogens (tertiary/aromatic N) is 2. The summed E-state index contributed by atoms with van der Waals surface area (Å²) in [5.74, 6) is 1.33. The molecule has 2 unspecified atom stereocenters. The zero-order chi connectivity index (χ0) is 50.7. The topological polar surface area (TPSA) is 135 Å². The number of anilines is 2. The lowest BCUT2D eigenvalue weighted by atomic mass is 9.81. The van der Waals surface area contributed by atoms with E-state index in [1.54, 1.807) is 39.5 Å². The summed E-state index contributed by atoms with van der Waals surface area (Å²) in [5, 5.41) is 27.8. The highest BCUT2D eigenvalue weighted by Gasteiger charge is 2.44. The van der Waals surface area contributed by atoms with Crippen LogP contribution < -0.4 is 4.90 Å². The Morgan fingerprint density at radius 1 is 0.942 bits per heavy atom. The molecule has 2 heterocycles. The molecule has 69 heavy (non-hydrogen) atoms. The summed E-state index contributed by atoms with van der Waals surface area (Å²) in [7, 11) is 0. The number of carboxylic acid groups (broad SMARTS) is 3. The van der Waals surface area contributed by atoms with Crippen molar-refractivity contribution in [2.45, 2.75) is 148 Å². The van der Waals surface area contributed by atoms with Gasteiger partial charge < -0.3 is 20.2 Å². The Morgan fingerprint density at radius 2 is 1.57 bits per heavy atom. The largest absolute Gasteiger partial charge is 0.481 e. The molecule has 0 spiro atoms. The molecule has 2 aliphatic heterocycles. The molecular formula is C56H72N2O7S4. The first-order chi connectivity index (χ1) is 31.6. The van der Waals surface area contributed by atoms with Crippen LogP contribution in [0.3, 0.4) is 0 Å². The number of carbonyl (C=O) groups excluding carboxylic acids is 1. The molecule has 0 bridgehead atoms. The standard InChI is InChI=1S/C43H46N2O5S3.C12H22O2S.CH4/c1-9-32-28(16-13-25(2)53-42(5,6)20-19-41(3,4)39(49)50)29-17-15-27(23-33(29)43(32,7)8)45-34-12-10-11-30(34)31-21-26(14-18-35(31)45)22-36-38(48)44(24-37(46)47)40(51)52-36;1-6-9-15-12(4,5)8-7-11(2,3)10(13)14;/h1,13-18,21-23,30,34H,2,10-12,19-20,24H2,3-8H3,(H,46,47)(H,49,50);6H,1,7-9H2,2-5H3,(H,13,14);1H4/b16-13-,36-22-;;. The van der Waals surface area contributed by atoms with Crippen molar-refractivity contribution in [1.82, 2.24) is 4.90 Å². The predicted molar refractivity (Wildman–Crippen MR) is 296 cm³/mol. The third kappa shape index (κ3) is 13.3. The van der Waals surface area contributed by atoms with Gasteiger partial charge in [-0.2, -0.15) is 11.8 Å². The third-order valence-corrected chi connectivity index (χ3v) is 17.5. The van der Waals surface area contributed by atoms with Crippen LogP contribution in [0.15, 0.2) is 83.2 Å². The van der Waals surface area contributed by atoms with E-state index < -0.39 is 35.3 Å². The Kier molecular flexibility index (Phi) is 18.5. The number of hydrogen-bond acceptors (Lipinski definition) is 9. The first-order valence-electron chi connectivity index (χ1n) is 23.1. The molecule has 0 aromatic heterocycles. The third-order valence-electron chi connectivity index (χ3n) is 13.6. The van der Waals surface area contributed by atoms with E-state index in [9.17, 15) is 29.4 Å². The zero-order valence-electron chi connectivity index (χ0n) is 41.3. The van der Waals surface area contributed by atoms with Crippen molar-refractivity contribution in [2.75, 3.05) is 17.2 Å². The lowest BCUT2D eigenvalue weighted by Crippen LogP contribution is -2.33. The molecular weight excluding hydrogens is 941 g/mol. The van der Waals surface area contributed by atoms with Gasteiger partial charge in [0.1, 0.15) is 10.9 Å². The Balaban J connectivity index is 0.000000559. The smallest absolute Gasteiger partial charge is 0.323 e. The summed E-state index contributed by atoms with van der Waals surface area (Å²) in [6, 6.07) is 13.4. The quantitative estimate of drug-likeness (QED) is 0.0406. The summed E-state index contributed by atoms with van der Waals surface area (Å²) in [5.41, 5.74) is 6.91. The van der Waals surface area contributed by atoms with E-state index in [0.717, 1.165) is 87.4 Å². The summed E-state index contributed by atoms with van der Waals surface area (Å²) >= 11 is 9.92. The highest BCUT2D eigenvalue weighted by atomic mass is 32.2. The van der Waals surface area contributed by atoms with Gasteiger partial charge in [0.25, 0.3) is 5.91 Å². The van der Waals surface area contributed by atoms with Gasteiger partial charge in [-0.05, 0) is 130 Å². The summed E-state index contributed by atoms with van der Waals surface area (Å²) < 4.78 is 0.195. The lowest BCUT2D eigenvalue weighted by Gasteiger charge is -2.29. The minimum Gasteiger partial charge on any atom is -0.481 e. The minimum atomic E-state index is -1.10. The van der Waals surface area contributed by atoms with Crippen molar-refractivity contribution in [3.8, 4) is 12.3 Å². The number of aliphatic carboxylic acids is 3. The van der Waals surface area contributed by atoms with Crippen molar-refractivity contribution in [1.29, 1.82) is 0 Å². The number of carboxylic acids is 3. The Hall–Kier alpha value is -4.48. The number of fused-ring (bicyclic) bond motifs is 4. The van der Waals surface area contributed by atoms with Gasteiger partial charge in [-0.25, -0.2) is 0 Å². The van der Waals surface area contributed by atoms with Gasteiger partial charge in [-0.3, -0.25) is 24.1 Å². The van der Waals surface area contributed by atoms with Gasteiger partial charge in [0.2, 0.25) is 0 Å². The molecule has 2 aromatic carbocycles. The van der Waals surface area contributed by atoms with Crippen molar-refractivity contribution in [2.24, 2.45) is 10.8 Å². The highest BCUT2D eigenvalue weighted by Crippen LogP contribution is 2.55. The average Bonchev–Trinajstić information content (AvgIpc) is 3.97. The molecule has 1 saturated carbocycles. The number of amides is 1. The zero-order valence-corrected chi connectivity index (χ0v) is 44.6. The minimum absolute atomic E-state index is 0. The van der Waals surface area contributed by atoms with E-state index in [1.807, 2.05) is 36.1 Å². The van der Waals surface area contributed by atoms with Crippen LogP contribution in [0.2, 0.25) is 0 Å². The lowest BCUT2D eigenvalue weighted by molar-refractivity contribution is -0.148. The molecule has 13 heteroatoms. The van der Waals surface area contributed by atoms with Gasteiger partial charge in [0.15, 0.2) is 0 Å². The molecule has 9 nitrogen and oxygen atoms in total. The fourth-order valence-electron chi connectivity index (χ4n) is 9.11. The molecule has 2 atom stereocenters. The summed E-state index contributed by atoms with van der Waals surface area (Å²) in [4.78, 5) is 51.7. The van der Waals surface area contributed by atoms with Gasteiger partial charge in [0, 0.05) is 54.5 Å². The molecule has 372 valence electrons. The van der Waals surface area contributed by atoms with Gasteiger partial charge in [-0.15, -0.1) is 24.8 Å². The molecule has 2 aliphatic carbocycles. The van der Waals surface area contributed by atoms with Crippen LogP contribution in [0.4, 0.5) is 11.4 Å². The van der Waals surface area contributed by atoms with Crippen LogP contribution in [0.25, 0.3) is 11.6 Å². The molecule has 1 amide bonds. The predicted octanol–water partition coefficient (Wildman–Crippen LogP) is 14.1. The Morgan fingerprint density at radius 3 is 2.14 bits per heavy atom. The highest BCUT2D eigenvalue weighted by molar-refractivity contribution is 8.26. The molecule has 2 aromatic rings. The number of thioether (sulfide) groups is 3. The second kappa shape index (κ2) is 22.3. The Labute approximate surface area is 429 Å². The second-order valence-corrected chi connectivity index (χ2v) is 26.4. The van der Waals surface area contributed by atoms with Crippen molar-refractivity contribution < 1.29 is 34.5 Å². The maximum absolute atomic E-state index is 13.0. The number of carbonyl (C=O) groups is 4. The fourth-order valence-corrected chi connectivity index (χ4v) is 12.2. The van der Waals surface area contributed by atoms with Gasteiger partial charge >= 0.3 is 17.9 Å². The molecule has 3 N–H and O–H groups in total. The van der Waals surface area contributed by atoms with Crippen LogP contribution >= 0.6 is 47.5 Å². The normalized spacial score (nSPS) is 19.2. The molecule has 2 fully saturated rings. The van der Waals surface area contributed by atoms with Crippen molar-refractivity contribution in [3.63, 3.8) is 0 Å². The molecule has 0 radical (unpaired) electrons. The van der Waals surface area contributed by atoms with Crippen molar-refractivity contribution >= 4 is 98.7 Å². The number of hydrogen-bond donors (Lipinski definition) is 3. The second-order valence-electron chi connectivity index (χ2n) is 21.1. The van der Waals surface area contributed by atoms with Crippen LogP contribution in [0, 0.1) is 23.2 Å². The Bertz CT molecular complexity index is 2520. The molecule has 4 aliphatic rings. The first kappa shape index (κ1) is 57.1. The number of terminal acetylenes is 1. The van der Waals surface area contributed by atoms with E-state index >= 15 is 0 Å². The van der Waals surface area contributed by atoms with Gasteiger partial charge in [-0.1, -0.05) is 116 Å². The monoisotopic (exact) mass is 1010 g/mol. The van der Waals surface area contributed by atoms with E-state index in [1.165, 1.54) is 16.8 Å². The summed E-state index contributed by atoms with van der Waals surface area (Å²) in [6.45, 7) is 27.6. The maximum atomic E-state index is 13.0. The maximum Gasteiger partial charge on any atom is 0.323 e.